The molecule has 0 heterocycles. The first-order valence-electron chi connectivity index (χ1n) is 9.93. The van der Waals surface area contributed by atoms with Gasteiger partial charge in [0.25, 0.3) is 5.92 Å². The summed E-state index contributed by atoms with van der Waals surface area (Å²) in [5, 5.41) is 0. The molecule has 2 aliphatic carbocycles. The summed E-state index contributed by atoms with van der Waals surface area (Å²) in [6, 6.07) is 2.63. The molecule has 5 unspecified atom stereocenters. The first-order chi connectivity index (χ1) is 12.8. The second-order valence-corrected chi connectivity index (χ2v) is 7.91. The Hall–Kier alpha value is -1.33. The Morgan fingerprint density at radius 3 is 2.48 bits per heavy atom. The third-order valence-electron chi connectivity index (χ3n) is 6.37. The van der Waals surface area contributed by atoms with Crippen LogP contribution in [0.2, 0.25) is 0 Å². The summed E-state index contributed by atoms with van der Waals surface area (Å²) >= 11 is 0. The zero-order valence-corrected chi connectivity index (χ0v) is 15.8. The van der Waals surface area contributed by atoms with Crippen LogP contribution in [0.3, 0.4) is 0 Å². The van der Waals surface area contributed by atoms with Gasteiger partial charge in [-0.25, -0.2) is 17.6 Å². The fraction of sp³-hybridized carbons (Fsp3) is 0.714. The smallest absolute Gasteiger partial charge is 0.254 e. The van der Waals surface area contributed by atoms with Crippen LogP contribution < -0.4 is 4.74 Å². The van der Waals surface area contributed by atoms with Crippen LogP contribution in [-0.4, -0.2) is 18.7 Å². The standard InChI is InChI=1S/C21H27F5O/c1-3-5-13-10-12-6-7-14(17(22)11-16(12)21(13,25)26)15-8-9-18(27-4-2)20(24)19(15)23/h8-9,12-14,16-17H,3-7,10-11H2,1-2H3. The Morgan fingerprint density at radius 2 is 1.81 bits per heavy atom. The number of alkyl halides is 3. The Morgan fingerprint density at radius 1 is 1.07 bits per heavy atom. The van der Waals surface area contributed by atoms with Gasteiger partial charge in [0, 0.05) is 17.8 Å². The second-order valence-electron chi connectivity index (χ2n) is 7.91. The molecule has 5 atom stereocenters. The van der Waals surface area contributed by atoms with E-state index in [9.17, 15) is 22.0 Å². The molecule has 0 aromatic heterocycles. The van der Waals surface area contributed by atoms with Gasteiger partial charge in [-0.1, -0.05) is 19.4 Å². The maximum absolute atomic E-state index is 15.0. The third-order valence-corrected chi connectivity index (χ3v) is 6.37. The van der Waals surface area contributed by atoms with E-state index in [1.165, 1.54) is 12.1 Å². The van der Waals surface area contributed by atoms with Crippen LogP contribution in [0, 0.1) is 29.4 Å². The van der Waals surface area contributed by atoms with E-state index in [2.05, 4.69) is 0 Å². The second kappa shape index (κ2) is 7.96. The van der Waals surface area contributed by atoms with Gasteiger partial charge < -0.3 is 4.74 Å². The van der Waals surface area contributed by atoms with Crippen molar-refractivity contribution < 1.29 is 26.7 Å². The number of rotatable bonds is 5. The molecular weight excluding hydrogens is 363 g/mol. The van der Waals surface area contributed by atoms with Gasteiger partial charge in [0.1, 0.15) is 6.17 Å². The minimum absolute atomic E-state index is 0.0724. The van der Waals surface area contributed by atoms with Crippen molar-refractivity contribution in [2.75, 3.05) is 6.61 Å². The van der Waals surface area contributed by atoms with Crippen molar-refractivity contribution >= 4 is 0 Å². The lowest BCUT2D eigenvalue weighted by atomic mass is 9.86. The van der Waals surface area contributed by atoms with Crippen LogP contribution in [0.5, 0.6) is 5.75 Å². The van der Waals surface area contributed by atoms with Gasteiger partial charge >= 0.3 is 0 Å². The molecule has 2 aliphatic rings. The molecule has 1 nitrogen and oxygen atoms in total. The topological polar surface area (TPSA) is 9.23 Å². The summed E-state index contributed by atoms with van der Waals surface area (Å²) in [5.41, 5.74) is -0.0724. The SMILES string of the molecule is CCCC1CC2CCC(c3ccc(OCC)c(F)c3F)C(F)CC2C1(F)F. The molecule has 2 saturated carbocycles. The maximum Gasteiger partial charge on any atom is 0.254 e. The van der Waals surface area contributed by atoms with Crippen molar-refractivity contribution in [3.05, 3.63) is 29.3 Å². The molecule has 0 radical (unpaired) electrons. The molecule has 2 fully saturated rings. The molecule has 6 heteroatoms. The normalized spacial score (nSPS) is 32.8. The highest BCUT2D eigenvalue weighted by Gasteiger charge is 2.57. The Bertz CT molecular complexity index is 662. The highest BCUT2D eigenvalue weighted by atomic mass is 19.3. The third kappa shape index (κ3) is 3.68. The van der Waals surface area contributed by atoms with Crippen LogP contribution in [-0.2, 0) is 0 Å². The van der Waals surface area contributed by atoms with Crippen molar-refractivity contribution in [3.8, 4) is 5.75 Å². The Kier molecular flexibility index (Phi) is 6.02. The van der Waals surface area contributed by atoms with E-state index < -0.39 is 41.5 Å². The van der Waals surface area contributed by atoms with E-state index >= 15 is 0 Å². The number of fused-ring (bicyclic) bond motifs is 1. The quantitative estimate of drug-likeness (QED) is 0.511. The molecule has 0 saturated heterocycles. The van der Waals surface area contributed by atoms with Crippen molar-refractivity contribution in [2.24, 2.45) is 17.8 Å². The van der Waals surface area contributed by atoms with E-state index in [1.807, 2.05) is 6.92 Å². The van der Waals surface area contributed by atoms with Crippen molar-refractivity contribution in [1.29, 1.82) is 0 Å². The average molecular weight is 390 g/mol. The van der Waals surface area contributed by atoms with E-state index in [0.717, 1.165) is 0 Å². The minimum atomic E-state index is -2.89. The average Bonchev–Trinajstić information content (AvgIpc) is 2.75. The molecule has 152 valence electrons. The maximum atomic E-state index is 15.0. The predicted molar refractivity (Wildman–Crippen MR) is 94.0 cm³/mol. The van der Waals surface area contributed by atoms with Crippen molar-refractivity contribution in [1.82, 2.24) is 0 Å². The zero-order chi connectivity index (χ0) is 19.8. The highest BCUT2D eigenvalue weighted by molar-refractivity contribution is 5.34. The first-order valence-corrected chi connectivity index (χ1v) is 9.93. The van der Waals surface area contributed by atoms with E-state index in [1.54, 1.807) is 6.92 Å². The summed E-state index contributed by atoms with van der Waals surface area (Å²) < 4.78 is 78.3. The van der Waals surface area contributed by atoms with Crippen molar-refractivity contribution in [2.45, 2.75) is 70.4 Å². The number of benzene rings is 1. The molecule has 0 N–H and O–H groups in total. The van der Waals surface area contributed by atoms with Gasteiger partial charge in [-0.2, -0.15) is 4.39 Å². The Balaban J connectivity index is 1.83. The molecule has 1 aromatic rings. The minimum Gasteiger partial charge on any atom is -0.491 e. The van der Waals surface area contributed by atoms with Gasteiger partial charge in [0.2, 0.25) is 5.82 Å². The lowest BCUT2D eigenvalue weighted by molar-refractivity contribution is -0.0902. The number of hydrogen-bond donors (Lipinski definition) is 0. The number of hydrogen-bond acceptors (Lipinski definition) is 1. The van der Waals surface area contributed by atoms with Crippen LogP contribution in [0.1, 0.15) is 63.9 Å². The fourth-order valence-electron chi connectivity index (χ4n) is 5.06. The largest absolute Gasteiger partial charge is 0.491 e. The lowest BCUT2D eigenvalue weighted by Crippen LogP contribution is -2.33. The van der Waals surface area contributed by atoms with Crippen molar-refractivity contribution in [3.63, 3.8) is 0 Å². The van der Waals surface area contributed by atoms with Crippen LogP contribution in [0.4, 0.5) is 22.0 Å². The van der Waals surface area contributed by atoms with Crippen LogP contribution >= 0.6 is 0 Å². The summed E-state index contributed by atoms with van der Waals surface area (Å²) in [5.74, 6) is -8.23. The summed E-state index contributed by atoms with van der Waals surface area (Å²) in [4.78, 5) is 0. The zero-order valence-electron chi connectivity index (χ0n) is 15.8. The Labute approximate surface area is 157 Å². The van der Waals surface area contributed by atoms with Gasteiger partial charge in [0.15, 0.2) is 11.6 Å². The van der Waals surface area contributed by atoms with Gasteiger partial charge in [0.05, 0.1) is 6.61 Å². The molecule has 27 heavy (non-hydrogen) atoms. The summed E-state index contributed by atoms with van der Waals surface area (Å²) in [6.45, 7) is 3.71. The number of ether oxygens (including phenoxy) is 1. The van der Waals surface area contributed by atoms with E-state index in [0.29, 0.717) is 25.7 Å². The molecule has 3 rings (SSSR count). The molecule has 0 amide bonds. The van der Waals surface area contributed by atoms with E-state index in [-0.39, 0.29) is 36.7 Å². The summed E-state index contributed by atoms with van der Waals surface area (Å²) in [6.07, 6.45) is 0.276. The molecule has 1 aromatic carbocycles. The molecule has 0 spiro atoms. The molecule has 0 aliphatic heterocycles. The number of halogens is 5. The summed E-state index contributed by atoms with van der Waals surface area (Å²) in [7, 11) is 0. The highest BCUT2D eigenvalue weighted by Crippen LogP contribution is 2.56. The predicted octanol–water partition coefficient (Wildman–Crippen LogP) is 6.66. The van der Waals surface area contributed by atoms with Gasteiger partial charge in [-0.05, 0) is 56.6 Å². The fourth-order valence-corrected chi connectivity index (χ4v) is 5.06. The van der Waals surface area contributed by atoms with Crippen LogP contribution in [0.15, 0.2) is 12.1 Å². The van der Waals surface area contributed by atoms with Gasteiger partial charge in [-0.15, -0.1) is 0 Å². The molecular formula is C21H27F5O. The monoisotopic (exact) mass is 390 g/mol. The molecule has 0 bridgehead atoms. The lowest BCUT2D eigenvalue weighted by Gasteiger charge is -2.27. The van der Waals surface area contributed by atoms with Crippen LogP contribution in [0.25, 0.3) is 0 Å². The van der Waals surface area contributed by atoms with Gasteiger partial charge in [-0.3, -0.25) is 0 Å². The van der Waals surface area contributed by atoms with E-state index in [4.69, 9.17) is 4.74 Å². The first kappa shape index (κ1) is 20.4.